The number of nitrogens with one attached hydrogen (secondary N) is 2. The quantitative estimate of drug-likeness (QED) is 0.910. The summed E-state index contributed by atoms with van der Waals surface area (Å²) in [5, 5.41) is 3.37. The van der Waals surface area contributed by atoms with Gasteiger partial charge < -0.3 is 15.0 Å². The number of benzene rings is 1. The summed E-state index contributed by atoms with van der Waals surface area (Å²) in [6.45, 7) is 4.73. The summed E-state index contributed by atoms with van der Waals surface area (Å²) in [6.07, 6.45) is 1.71. The highest BCUT2D eigenvalue weighted by molar-refractivity contribution is 9.10. The van der Waals surface area contributed by atoms with E-state index in [4.69, 9.17) is 4.74 Å². The van der Waals surface area contributed by atoms with Crippen LogP contribution in [-0.4, -0.2) is 17.1 Å². The van der Waals surface area contributed by atoms with Gasteiger partial charge in [0.2, 0.25) is 0 Å². The smallest absolute Gasteiger partial charge is 0.143 e. The molecular weight excluding hydrogens is 294 g/mol. The van der Waals surface area contributed by atoms with Crippen LogP contribution >= 0.6 is 15.9 Å². The molecule has 0 radical (unpaired) electrons. The van der Waals surface area contributed by atoms with Crippen LogP contribution < -0.4 is 10.1 Å². The largest absolute Gasteiger partial charge is 0.495 e. The minimum atomic E-state index is 0.675. The van der Waals surface area contributed by atoms with Crippen LogP contribution in [0, 0.1) is 13.8 Å². The lowest BCUT2D eigenvalue weighted by atomic mass is 10.2. The molecule has 0 aliphatic carbocycles. The maximum atomic E-state index is 5.39. The topological polar surface area (TPSA) is 49.9 Å². The van der Waals surface area contributed by atoms with Crippen molar-refractivity contribution < 1.29 is 4.74 Å². The molecule has 0 aliphatic heterocycles. The van der Waals surface area contributed by atoms with Crippen LogP contribution in [0.15, 0.2) is 22.9 Å². The van der Waals surface area contributed by atoms with Crippen LogP contribution in [-0.2, 0) is 6.54 Å². The van der Waals surface area contributed by atoms with Gasteiger partial charge in [-0.2, -0.15) is 0 Å². The lowest BCUT2D eigenvalue weighted by Gasteiger charge is -2.14. The second-order valence-electron chi connectivity index (χ2n) is 4.13. The number of hydrogen-bond donors (Lipinski definition) is 2. The molecule has 1 aromatic carbocycles. The maximum Gasteiger partial charge on any atom is 0.143 e. The highest BCUT2D eigenvalue weighted by atomic mass is 79.9. The van der Waals surface area contributed by atoms with Crippen LogP contribution in [0.2, 0.25) is 0 Å². The Morgan fingerprint density at radius 2 is 2.17 bits per heavy atom. The van der Waals surface area contributed by atoms with Crippen LogP contribution in [0.4, 0.5) is 5.69 Å². The number of methoxy groups -OCH3 is 1. The zero-order chi connectivity index (χ0) is 13.1. The Morgan fingerprint density at radius 1 is 1.39 bits per heavy atom. The normalized spacial score (nSPS) is 10.4. The van der Waals surface area contributed by atoms with E-state index in [1.165, 1.54) is 0 Å². The number of H-pyrrole nitrogens is 1. The fourth-order valence-corrected chi connectivity index (χ4v) is 2.39. The standard InChI is InChI=1S/C13H16BrN3O/c1-8-4-10(14)5-12(18-3)13(8)15-6-11-9(2)16-7-17-11/h4-5,7,15H,6H2,1-3H3,(H,16,17). The summed E-state index contributed by atoms with van der Waals surface area (Å²) in [5.74, 6) is 0.829. The first kappa shape index (κ1) is 13.0. The van der Waals surface area contributed by atoms with Crippen LogP contribution in [0.25, 0.3) is 0 Å². The van der Waals surface area contributed by atoms with E-state index in [0.717, 1.165) is 32.9 Å². The highest BCUT2D eigenvalue weighted by Crippen LogP contribution is 2.32. The molecule has 2 N–H and O–H groups in total. The Kier molecular flexibility index (Phi) is 3.91. The van der Waals surface area contributed by atoms with E-state index in [2.05, 4.69) is 37.3 Å². The molecule has 0 atom stereocenters. The zero-order valence-electron chi connectivity index (χ0n) is 10.7. The van der Waals surface area contributed by atoms with E-state index in [1.54, 1.807) is 13.4 Å². The van der Waals surface area contributed by atoms with E-state index >= 15 is 0 Å². The molecule has 0 unspecified atom stereocenters. The number of aromatic nitrogens is 2. The van der Waals surface area contributed by atoms with E-state index in [0.29, 0.717) is 6.54 Å². The van der Waals surface area contributed by atoms with Crippen molar-refractivity contribution in [1.29, 1.82) is 0 Å². The Labute approximate surface area is 115 Å². The van der Waals surface area contributed by atoms with E-state index < -0.39 is 0 Å². The Morgan fingerprint density at radius 3 is 2.78 bits per heavy atom. The molecule has 0 bridgehead atoms. The number of nitrogens with zero attached hydrogens (tertiary/aromatic N) is 1. The van der Waals surface area contributed by atoms with E-state index in [9.17, 15) is 0 Å². The van der Waals surface area contributed by atoms with Gasteiger partial charge in [0.25, 0.3) is 0 Å². The van der Waals surface area contributed by atoms with Gasteiger partial charge in [-0.3, -0.25) is 0 Å². The molecule has 0 spiro atoms. The lowest BCUT2D eigenvalue weighted by molar-refractivity contribution is 0.416. The minimum Gasteiger partial charge on any atom is -0.495 e. The number of ether oxygens (including phenoxy) is 1. The molecule has 0 amide bonds. The molecule has 0 saturated carbocycles. The third kappa shape index (κ3) is 2.67. The SMILES string of the molecule is COc1cc(Br)cc(C)c1NCc1nc[nH]c1C. The van der Waals surface area contributed by atoms with Gasteiger partial charge >= 0.3 is 0 Å². The molecular formula is C13H16BrN3O. The van der Waals surface area contributed by atoms with Crippen molar-refractivity contribution in [2.45, 2.75) is 20.4 Å². The minimum absolute atomic E-state index is 0.675. The van der Waals surface area contributed by atoms with Crippen molar-refractivity contribution in [3.05, 3.63) is 39.9 Å². The molecule has 2 rings (SSSR count). The van der Waals surface area contributed by atoms with Crippen molar-refractivity contribution in [1.82, 2.24) is 9.97 Å². The number of aryl methyl sites for hydroxylation is 2. The summed E-state index contributed by atoms with van der Waals surface area (Å²) < 4.78 is 6.40. The average molecular weight is 310 g/mol. The summed E-state index contributed by atoms with van der Waals surface area (Å²) in [7, 11) is 1.67. The third-order valence-electron chi connectivity index (χ3n) is 2.85. The Bertz CT molecular complexity index is 551. The number of imidazole rings is 1. The van der Waals surface area contributed by atoms with Crippen molar-refractivity contribution in [2.24, 2.45) is 0 Å². The Balaban J connectivity index is 2.21. The fraction of sp³-hybridized carbons (Fsp3) is 0.308. The van der Waals surface area contributed by atoms with Gasteiger partial charge in [0.1, 0.15) is 5.75 Å². The molecule has 1 heterocycles. The molecule has 0 fully saturated rings. The first-order valence-corrected chi connectivity index (χ1v) is 6.48. The van der Waals surface area contributed by atoms with Crippen molar-refractivity contribution in [3.8, 4) is 5.75 Å². The summed E-state index contributed by atoms with van der Waals surface area (Å²) in [6, 6.07) is 4.01. The third-order valence-corrected chi connectivity index (χ3v) is 3.31. The number of halogens is 1. The van der Waals surface area contributed by atoms with Gasteiger partial charge in [-0.25, -0.2) is 4.98 Å². The summed E-state index contributed by atoms with van der Waals surface area (Å²) in [5.41, 5.74) is 4.23. The first-order chi connectivity index (χ1) is 8.61. The average Bonchev–Trinajstić information content (AvgIpc) is 2.73. The van der Waals surface area contributed by atoms with Gasteiger partial charge in [0, 0.05) is 10.2 Å². The maximum absolute atomic E-state index is 5.39. The number of aromatic amines is 1. The molecule has 2 aromatic rings. The second-order valence-corrected chi connectivity index (χ2v) is 5.04. The highest BCUT2D eigenvalue weighted by Gasteiger charge is 2.09. The fourth-order valence-electron chi connectivity index (χ4n) is 1.84. The molecule has 0 aliphatic rings. The Hall–Kier alpha value is -1.49. The van der Waals surface area contributed by atoms with Gasteiger partial charge in [0.05, 0.1) is 31.4 Å². The van der Waals surface area contributed by atoms with Gasteiger partial charge in [-0.1, -0.05) is 15.9 Å². The van der Waals surface area contributed by atoms with Gasteiger partial charge in [-0.05, 0) is 31.5 Å². The van der Waals surface area contributed by atoms with Gasteiger partial charge in [-0.15, -0.1) is 0 Å². The van der Waals surface area contributed by atoms with Crippen molar-refractivity contribution in [2.75, 3.05) is 12.4 Å². The van der Waals surface area contributed by atoms with Crippen molar-refractivity contribution in [3.63, 3.8) is 0 Å². The number of anilines is 1. The zero-order valence-corrected chi connectivity index (χ0v) is 12.3. The summed E-state index contributed by atoms with van der Waals surface area (Å²) >= 11 is 3.46. The van der Waals surface area contributed by atoms with Crippen molar-refractivity contribution >= 4 is 21.6 Å². The molecule has 5 heteroatoms. The van der Waals surface area contributed by atoms with Gasteiger partial charge in [0.15, 0.2) is 0 Å². The summed E-state index contributed by atoms with van der Waals surface area (Å²) in [4.78, 5) is 7.33. The molecule has 1 aromatic heterocycles. The lowest BCUT2D eigenvalue weighted by Crippen LogP contribution is -2.04. The second kappa shape index (κ2) is 5.44. The van der Waals surface area contributed by atoms with E-state index in [-0.39, 0.29) is 0 Å². The predicted molar refractivity (Wildman–Crippen MR) is 76.1 cm³/mol. The molecule has 96 valence electrons. The molecule has 4 nitrogen and oxygen atoms in total. The van der Waals surface area contributed by atoms with Crippen LogP contribution in [0.5, 0.6) is 5.75 Å². The predicted octanol–water partition coefficient (Wildman–Crippen LogP) is 3.41. The van der Waals surface area contributed by atoms with Crippen LogP contribution in [0.3, 0.4) is 0 Å². The number of rotatable bonds is 4. The van der Waals surface area contributed by atoms with E-state index in [1.807, 2.05) is 19.9 Å². The first-order valence-electron chi connectivity index (χ1n) is 5.68. The monoisotopic (exact) mass is 309 g/mol. The molecule has 0 saturated heterocycles. The van der Waals surface area contributed by atoms with Crippen LogP contribution in [0.1, 0.15) is 17.0 Å². The number of hydrogen-bond acceptors (Lipinski definition) is 3. The molecule has 18 heavy (non-hydrogen) atoms.